The van der Waals surface area contributed by atoms with Crippen molar-refractivity contribution < 1.29 is 9.47 Å². The van der Waals surface area contributed by atoms with Gasteiger partial charge >= 0.3 is 0 Å². The highest BCUT2D eigenvalue weighted by molar-refractivity contribution is 5.81. The molecule has 1 rings (SSSR count). The first-order valence-corrected chi connectivity index (χ1v) is 5.29. The molecule has 0 aliphatic rings. The summed E-state index contributed by atoms with van der Waals surface area (Å²) in [6.45, 7) is 6.13. The Hall–Kier alpha value is -1.38. The number of carbonyl (C=O) groups is 1. The van der Waals surface area contributed by atoms with Crippen molar-refractivity contribution >= 4 is 5.91 Å². The minimum Gasteiger partial charge on any atom is -0.269 e. The van der Waals surface area contributed by atoms with Crippen molar-refractivity contribution in [2.75, 3.05) is 11.6 Å². The van der Waals surface area contributed by atoms with E-state index in [1.807, 2.05) is 35.3 Å². The molecule has 3 nitrogen and oxygen atoms in total. The molecule has 0 saturated heterocycles. The molecule has 0 atom stereocenters. The van der Waals surface area contributed by atoms with Gasteiger partial charge in [-0.05, 0) is 6.42 Å². The SMILES string of the molecule is [CH2]CCCCN(C(C)=O)[n+]1ccccc1. The van der Waals surface area contributed by atoms with Gasteiger partial charge in [0.1, 0.15) is 0 Å². The van der Waals surface area contributed by atoms with Gasteiger partial charge in [0.15, 0.2) is 12.4 Å². The fraction of sp³-hybridized carbons (Fsp3) is 0.417. The lowest BCUT2D eigenvalue weighted by Crippen LogP contribution is -2.60. The second kappa shape index (κ2) is 6.17. The molecule has 0 aliphatic heterocycles. The number of carbonyl (C=O) groups excluding carboxylic acids is 1. The molecule has 3 heteroatoms. The van der Waals surface area contributed by atoms with Gasteiger partial charge in [-0.3, -0.25) is 4.79 Å². The summed E-state index contributed by atoms with van der Waals surface area (Å²) >= 11 is 0. The second-order valence-corrected chi connectivity index (χ2v) is 3.46. The summed E-state index contributed by atoms with van der Waals surface area (Å²) in [5.41, 5.74) is 0. The van der Waals surface area contributed by atoms with Crippen LogP contribution >= 0.6 is 0 Å². The lowest BCUT2D eigenvalue weighted by Gasteiger charge is -2.13. The molecule has 0 unspecified atom stereocenters. The normalized spacial score (nSPS) is 10.0. The largest absolute Gasteiger partial charge is 0.274 e. The third-order valence-corrected chi connectivity index (χ3v) is 2.21. The van der Waals surface area contributed by atoms with Gasteiger partial charge in [-0.25, -0.2) is 0 Å². The first kappa shape index (κ1) is 11.7. The van der Waals surface area contributed by atoms with E-state index in [0.717, 1.165) is 25.8 Å². The van der Waals surface area contributed by atoms with Crippen molar-refractivity contribution in [2.45, 2.75) is 26.2 Å². The molecule has 1 aromatic rings. The van der Waals surface area contributed by atoms with Gasteiger partial charge in [-0.2, -0.15) is 0 Å². The Morgan fingerprint density at radius 1 is 1.27 bits per heavy atom. The maximum atomic E-state index is 11.4. The van der Waals surface area contributed by atoms with Crippen molar-refractivity contribution in [3.05, 3.63) is 37.5 Å². The van der Waals surface area contributed by atoms with Crippen LogP contribution in [0.15, 0.2) is 30.6 Å². The van der Waals surface area contributed by atoms with E-state index in [4.69, 9.17) is 0 Å². The molecular weight excluding hydrogens is 188 g/mol. The summed E-state index contributed by atoms with van der Waals surface area (Å²) in [7, 11) is 0. The summed E-state index contributed by atoms with van der Waals surface area (Å²) in [5, 5.41) is 1.73. The summed E-state index contributed by atoms with van der Waals surface area (Å²) in [5.74, 6) is 0.0651. The Balaban J connectivity index is 2.62. The van der Waals surface area contributed by atoms with Crippen molar-refractivity contribution in [1.29, 1.82) is 0 Å². The van der Waals surface area contributed by atoms with Crippen molar-refractivity contribution in [2.24, 2.45) is 0 Å². The predicted octanol–water partition coefficient (Wildman–Crippen LogP) is 1.46. The Morgan fingerprint density at radius 2 is 1.93 bits per heavy atom. The highest BCUT2D eigenvalue weighted by atomic mass is 16.2. The number of amides is 1. The molecule has 15 heavy (non-hydrogen) atoms. The van der Waals surface area contributed by atoms with Crippen LogP contribution in [0, 0.1) is 6.92 Å². The van der Waals surface area contributed by atoms with E-state index in [-0.39, 0.29) is 5.91 Å². The van der Waals surface area contributed by atoms with Gasteiger partial charge in [0.2, 0.25) is 0 Å². The summed E-state index contributed by atoms with van der Waals surface area (Å²) < 4.78 is 1.82. The number of hydrogen-bond acceptors (Lipinski definition) is 1. The minimum absolute atomic E-state index is 0.0651. The van der Waals surface area contributed by atoms with Crippen LogP contribution < -0.4 is 9.69 Å². The summed E-state index contributed by atoms with van der Waals surface area (Å²) in [6.07, 6.45) is 6.73. The van der Waals surface area contributed by atoms with Gasteiger partial charge in [0, 0.05) is 19.1 Å². The van der Waals surface area contributed by atoms with Crippen LogP contribution in [0.1, 0.15) is 26.2 Å². The van der Waals surface area contributed by atoms with Crippen molar-refractivity contribution in [1.82, 2.24) is 0 Å². The van der Waals surface area contributed by atoms with Crippen LogP contribution in [0.4, 0.5) is 0 Å². The van der Waals surface area contributed by atoms with Gasteiger partial charge in [0.25, 0.3) is 5.91 Å². The van der Waals surface area contributed by atoms with Crippen molar-refractivity contribution in [3.63, 3.8) is 0 Å². The van der Waals surface area contributed by atoms with E-state index in [1.165, 1.54) is 0 Å². The quantitative estimate of drug-likeness (QED) is 0.528. The van der Waals surface area contributed by atoms with Gasteiger partial charge < -0.3 is 0 Å². The predicted molar refractivity (Wildman–Crippen MR) is 59.6 cm³/mol. The molecule has 0 fully saturated rings. The topological polar surface area (TPSA) is 24.2 Å². The fourth-order valence-corrected chi connectivity index (χ4v) is 1.42. The van der Waals surface area contributed by atoms with E-state index in [9.17, 15) is 4.79 Å². The average Bonchev–Trinajstić information content (AvgIpc) is 2.25. The maximum absolute atomic E-state index is 11.4. The van der Waals surface area contributed by atoms with Crippen LogP contribution in [-0.4, -0.2) is 12.5 Å². The molecule has 0 N–H and O–H groups in total. The maximum Gasteiger partial charge on any atom is 0.274 e. The highest BCUT2D eigenvalue weighted by Gasteiger charge is 2.16. The monoisotopic (exact) mass is 206 g/mol. The van der Waals surface area contributed by atoms with Crippen molar-refractivity contribution in [3.8, 4) is 0 Å². The average molecular weight is 206 g/mol. The molecule has 0 saturated carbocycles. The lowest BCUT2D eigenvalue weighted by molar-refractivity contribution is -0.683. The molecule has 0 spiro atoms. The Kier molecular flexibility index (Phi) is 4.81. The van der Waals surface area contributed by atoms with E-state index in [0.29, 0.717) is 0 Å². The summed E-state index contributed by atoms with van der Waals surface area (Å²) in [6, 6.07) is 5.76. The molecule has 1 amide bonds. The molecular formula is C12H18N2O+. The number of pyridine rings is 1. The van der Waals surface area contributed by atoms with Gasteiger partial charge in [-0.15, -0.1) is 5.01 Å². The molecule has 0 bridgehead atoms. The number of unbranched alkanes of at least 4 members (excludes halogenated alkanes) is 2. The number of rotatable bonds is 5. The molecule has 1 aromatic heterocycles. The number of nitrogens with zero attached hydrogens (tertiary/aromatic N) is 2. The van der Waals surface area contributed by atoms with Gasteiger partial charge in [0.05, 0.1) is 6.54 Å². The van der Waals surface area contributed by atoms with E-state index in [1.54, 1.807) is 11.9 Å². The first-order valence-electron chi connectivity index (χ1n) is 5.29. The van der Waals surface area contributed by atoms with Crippen LogP contribution in [0.3, 0.4) is 0 Å². The zero-order chi connectivity index (χ0) is 11.1. The first-order chi connectivity index (χ1) is 7.25. The zero-order valence-electron chi connectivity index (χ0n) is 9.22. The van der Waals surface area contributed by atoms with Crippen LogP contribution in [-0.2, 0) is 4.79 Å². The third kappa shape index (κ3) is 3.70. The smallest absolute Gasteiger partial charge is 0.269 e. The third-order valence-electron chi connectivity index (χ3n) is 2.21. The molecule has 1 heterocycles. The molecule has 1 radical (unpaired) electrons. The number of aromatic nitrogens is 1. The van der Waals surface area contributed by atoms with E-state index in [2.05, 4.69) is 6.92 Å². The zero-order valence-corrected chi connectivity index (χ0v) is 9.22. The fourth-order valence-electron chi connectivity index (χ4n) is 1.42. The van der Waals surface area contributed by atoms with Crippen LogP contribution in [0.25, 0.3) is 0 Å². The number of hydrogen-bond donors (Lipinski definition) is 0. The second-order valence-electron chi connectivity index (χ2n) is 3.46. The van der Waals surface area contributed by atoms with Gasteiger partial charge in [-0.1, -0.05) is 30.5 Å². The Labute approximate surface area is 91.3 Å². The van der Waals surface area contributed by atoms with E-state index >= 15 is 0 Å². The Morgan fingerprint density at radius 3 is 2.47 bits per heavy atom. The van der Waals surface area contributed by atoms with Crippen LogP contribution in [0.2, 0.25) is 0 Å². The highest BCUT2D eigenvalue weighted by Crippen LogP contribution is 1.95. The van der Waals surface area contributed by atoms with E-state index < -0.39 is 0 Å². The molecule has 0 aliphatic carbocycles. The molecule has 81 valence electrons. The lowest BCUT2D eigenvalue weighted by atomic mass is 10.2. The minimum atomic E-state index is 0.0651. The van der Waals surface area contributed by atoms with Crippen LogP contribution in [0.5, 0.6) is 0 Å². The summed E-state index contributed by atoms with van der Waals surface area (Å²) in [4.78, 5) is 11.4. The standard InChI is InChI=1S/C12H18N2O/c1-3-4-6-11-14(12(2)15)13-9-7-5-8-10-13/h5,7-10H,1,3-4,6,11H2,2H3/q+1. The Bertz CT molecular complexity index is 298. The molecule has 0 aromatic carbocycles.